The number of benzene rings is 2. The van der Waals surface area contributed by atoms with E-state index in [1.807, 2.05) is 42.7 Å². The molecule has 3 aromatic rings. The lowest BCUT2D eigenvalue weighted by Gasteiger charge is -2.18. The molecular formula is C20H20N2O4S. The first-order chi connectivity index (χ1) is 13.2. The Labute approximate surface area is 160 Å². The van der Waals surface area contributed by atoms with Gasteiger partial charge in [-0.25, -0.2) is 0 Å². The van der Waals surface area contributed by atoms with E-state index in [4.69, 9.17) is 14.2 Å². The molecule has 2 heterocycles. The van der Waals surface area contributed by atoms with Gasteiger partial charge < -0.3 is 18.8 Å². The zero-order valence-electron chi connectivity index (χ0n) is 15.2. The summed E-state index contributed by atoms with van der Waals surface area (Å²) in [4.78, 5) is 17.8. The summed E-state index contributed by atoms with van der Waals surface area (Å²) >= 11 is 1.46. The van der Waals surface area contributed by atoms with Crippen LogP contribution in [0.4, 0.5) is 0 Å². The smallest absolute Gasteiger partial charge is 0.283 e. The molecule has 1 aromatic heterocycles. The first-order valence-corrected chi connectivity index (χ1v) is 9.76. The highest BCUT2D eigenvalue weighted by Crippen LogP contribution is 2.35. The summed E-state index contributed by atoms with van der Waals surface area (Å²) in [5.41, 5.74) is 1.45. The fourth-order valence-electron chi connectivity index (χ4n) is 3.07. The molecule has 4 rings (SSSR count). The van der Waals surface area contributed by atoms with Crippen molar-refractivity contribution in [3.63, 3.8) is 0 Å². The van der Waals surface area contributed by atoms with E-state index in [9.17, 15) is 4.79 Å². The van der Waals surface area contributed by atoms with Crippen LogP contribution in [0.3, 0.4) is 0 Å². The largest absolute Gasteiger partial charge is 0.493 e. The molecule has 0 saturated heterocycles. The van der Waals surface area contributed by atoms with E-state index in [1.165, 1.54) is 11.3 Å². The number of aryl methyl sites for hydroxylation is 1. The molecule has 0 saturated carbocycles. The summed E-state index contributed by atoms with van der Waals surface area (Å²) in [6.07, 6.45) is 0. The van der Waals surface area contributed by atoms with Crippen LogP contribution in [0.2, 0.25) is 0 Å². The molecule has 0 fully saturated rings. The third-order valence-corrected chi connectivity index (χ3v) is 5.32. The molecule has 27 heavy (non-hydrogen) atoms. The van der Waals surface area contributed by atoms with Crippen molar-refractivity contribution in [1.29, 1.82) is 0 Å². The minimum Gasteiger partial charge on any atom is -0.493 e. The number of aromatic nitrogens is 1. The van der Waals surface area contributed by atoms with Gasteiger partial charge in [-0.2, -0.15) is 4.99 Å². The second-order valence-corrected chi connectivity index (χ2v) is 6.95. The van der Waals surface area contributed by atoms with Crippen LogP contribution in [0.1, 0.15) is 24.2 Å². The van der Waals surface area contributed by atoms with Crippen LogP contribution in [0.25, 0.3) is 10.2 Å². The van der Waals surface area contributed by atoms with Gasteiger partial charge in [0.2, 0.25) is 0 Å². The molecule has 7 heteroatoms. The zero-order chi connectivity index (χ0) is 18.8. The molecule has 0 atom stereocenters. The molecule has 1 aliphatic heterocycles. The van der Waals surface area contributed by atoms with E-state index in [0.717, 1.165) is 21.7 Å². The van der Waals surface area contributed by atoms with Crippen molar-refractivity contribution in [3.8, 4) is 17.2 Å². The van der Waals surface area contributed by atoms with Gasteiger partial charge in [0, 0.05) is 18.7 Å². The molecule has 0 N–H and O–H groups in total. The van der Waals surface area contributed by atoms with Gasteiger partial charge in [-0.05, 0) is 26.0 Å². The highest BCUT2D eigenvalue weighted by atomic mass is 32.1. The van der Waals surface area contributed by atoms with Gasteiger partial charge in [0.05, 0.1) is 22.4 Å². The number of nitrogens with zero attached hydrogens (tertiary/aromatic N) is 2. The van der Waals surface area contributed by atoms with E-state index < -0.39 is 0 Å². The van der Waals surface area contributed by atoms with Crippen LogP contribution >= 0.6 is 11.3 Å². The third kappa shape index (κ3) is 3.30. The SMILES string of the molecule is CCOc1ccccc1C(=O)N=c1sc2cc3c(cc2n1CC)OCCO3. The van der Waals surface area contributed by atoms with Crippen molar-refractivity contribution in [2.24, 2.45) is 4.99 Å². The molecule has 0 unspecified atom stereocenters. The summed E-state index contributed by atoms with van der Waals surface area (Å²) in [5.74, 6) is 1.70. The van der Waals surface area contributed by atoms with Crippen molar-refractivity contribution in [2.45, 2.75) is 20.4 Å². The van der Waals surface area contributed by atoms with E-state index in [2.05, 4.69) is 4.99 Å². The van der Waals surface area contributed by atoms with Gasteiger partial charge in [-0.1, -0.05) is 23.5 Å². The lowest BCUT2D eigenvalue weighted by molar-refractivity contribution is 0.0994. The Kier molecular flexibility index (Phi) is 4.85. The van der Waals surface area contributed by atoms with E-state index in [0.29, 0.717) is 42.5 Å². The highest BCUT2D eigenvalue weighted by molar-refractivity contribution is 7.16. The number of rotatable bonds is 4. The zero-order valence-corrected chi connectivity index (χ0v) is 16.0. The Balaban J connectivity index is 1.82. The number of hydrogen-bond acceptors (Lipinski definition) is 5. The second-order valence-electron chi connectivity index (χ2n) is 5.94. The van der Waals surface area contributed by atoms with Gasteiger partial charge in [-0.15, -0.1) is 0 Å². The Morgan fingerprint density at radius 1 is 1.19 bits per heavy atom. The van der Waals surface area contributed by atoms with Crippen molar-refractivity contribution < 1.29 is 19.0 Å². The van der Waals surface area contributed by atoms with Crippen LogP contribution < -0.4 is 19.0 Å². The maximum atomic E-state index is 12.8. The lowest BCUT2D eigenvalue weighted by Crippen LogP contribution is -2.17. The molecule has 0 spiro atoms. The summed E-state index contributed by atoms with van der Waals surface area (Å²) in [6, 6.07) is 11.1. The third-order valence-electron chi connectivity index (χ3n) is 4.28. The number of fused-ring (bicyclic) bond motifs is 2. The van der Waals surface area contributed by atoms with Crippen LogP contribution in [0, 0.1) is 0 Å². The fourth-order valence-corrected chi connectivity index (χ4v) is 4.17. The summed E-state index contributed by atoms with van der Waals surface area (Å²) in [7, 11) is 0. The predicted molar refractivity (Wildman–Crippen MR) is 104 cm³/mol. The maximum Gasteiger partial charge on any atom is 0.283 e. The fraction of sp³-hybridized carbons (Fsp3) is 0.300. The average Bonchev–Trinajstić information content (AvgIpc) is 3.02. The van der Waals surface area contributed by atoms with Crippen LogP contribution in [-0.4, -0.2) is 30.3 Å². The number of hydrogen-bond donors (Lipinski definition) is 0. The first-order valence-electron chi connectivity index (χ1n) is 8.95. The van der Waals surface area contributed by atoms with Crippen LogP contribution in [0.15, 0.2) is 41.4 Å². The maximum absolute atomic E-state index is 12.8. The van der Waals surface area contributed by atoms with Crippen LogP contribution in [0.5, 0.6) is 17.2 Å². The Hall–Kier alpha value is -2.80. The highest BCUT2D eigenvalue weighted by Gasteiger charge is 2.17. The van der Waals surface area contributed by atoms with Gasteiger partial charge >= 0.3 is 0 Å². The number of para-hydroxylation sites is 1. The van der Waals surface area contributed by atoms with Gasteiger partial charge in [0.25, 0.3) is 5.91 Å². The lowest BCUT2D eigenvalue weighted by atomic mass is 10.2. The van der Waals surface area contributed by atoms with Crippen molar-refractivity contribution >= 4 is 27.5 Å². The minimum absolute atomic E-state index is 0.315. The Morgan fingerprint density at radius 2 is 1.93 bits per heavy atom. The number of amides is 1. The van der Waals surface area contributed by atoms with E-state index in [1.54, 1.807) is 12.1 Å². The molecule has 2 aromatic carbocycles. The molecule has 0 radical (unpaired) electrons. The number of ether oxygens (including phenoxy) is 3. The average molecular weight is 384 g/mol. The van der Waals surface area contributed by atoms with Crippen molar-refractivity contribution in [3.05, 3.63) is 46.8 Å². The monoisotopic (exact) mass is 384 g/mol. The van der Waals surface area contributed by atoms with Crippen LogP contribution in [-0.2, 0) is 6.54 Å². The predicted octanol–water partition coefficient (Wildman–Crippen LogP) is 3.63. The van der Waals surface area contributed by atoms with Gasteiger partial charge in [-0.3, -0.25) is 4.79 Å². The first kappa shape index (κ1) is 17.6. The summed E-state index contributed by atoms with van der Waals surface area (Å²) in [5, 5.41) is 0. The van der Waals surface area contributed by atoms with E-state index in [-0.39, 0.29) is 5.91 Å². The number of carbonyl (C=O) groups excluding carboxylic acids is 1. The quantitative estimate of drug-likeness (QED) is 0.689. The van der Waals surface area contributed by atoms with Crippen molar-refractivity contribution in [2.75, 3.05) is 19.8 Å². The molecule has 140 valence electrons. The van der Waals surface area contributed by atoms with E-state index >= 15 is 0 Å². The standard InChI is InChI=1S/C20H20N2O4S/c1-3-22-14-11-16-17(26-10-9-25-16)12-18(14)27-20(22)21-19(23)13-7-5-6-8-15(13)24-4-2/h5-8,11-12H,3-4,9-10H2,1-2H3. The minimum atomic E-state index is -0.315. The Bertz CT molecular complexity index is 1070. The normalized spacial score (nSPS) is 13.8. The topological polar surface area (TPSA) is 62.0 Å². The number of thiazole rings is 1. The Morgan fingerprint density at radius 3 is 2.67 bits per heavy atom. The van der Waals surface area contributed by atoms with Crippen molar-refractivity contribution in [1.82, 2.24) is 4.57 Å². The van der Waals surface area contributed by atoms with Gasteiger partial charge in [0.15, 0.2) is 16.3 Å². The second kappa shape index (κ2) is 7.44. The summed E-state index contributed by atoms with van der Waals surface area (Å²) in [6.45, 7) is 6.19. The summed E-state index contributed by atoms with van der Waals surface area (Å²) < 4.78 is 19.9. The molecule has 1 aliphatic rings. The molecule has 1 amide bonds. The molecule has 0 aliphatic carbocycles. The molecular weight excluding hydrogens is 364 g/mol. The van der Waals surface area contributed by atoms with Gasteiger partial charge in [0.1, 0.15) is 19.0 Å². The molecule has 6 nitrogen and oxygen atoms in total. The number of carbonyl (C=O) groups is 1. The molecule has 0 bridgehead atoms.